The second-order valence-corrected chi connectivity index (χ2v) is 5.77. The number of carbonyl (C=O) groups excluding carboxylic acids is 1. The van der Waals surface area contributed by atoms with Crippen LogP contribution in [0.5, 0.6) is 0 Å². The Balaban J connectivity index is 1.96. The molecule has 0 unspecified atom stereocenters. The van der Waals surface area contributed by atoms with Crippen molar-refractivity contribution in [3.05, 3.63) is 39.9 Å². The maximum absolute atomic E-state index is 11.9. The number of allylic oxidation sites excluding steroid dienone is 1. The second-order valence-electron chi connectivity index (χ2n) is 4.85. The fourth-order valence-electron chi connectivity index (χ4n) is 2.29. The highest BCUT2D eigenvalue weighted by atomic mass is 79.9. The van der Waals surface area contributed by atoms with Crippen molar-refractivity contribution in [3.8, 4) is 0 Å². The van der Waals surface area contributed by atoms with E-state index in [2.05, 4.69) is 27.3 Å². The van der Waals surface area contributed by atoms with E-state index in [4.69, 9.17) is 0 Å². The molecular formula is C15H18BrNO. The van der Waals surface area contributed by atoms with Crippen molar-refractivity contribution in [2.75, 3.05) is 5.32 Å². The van der Waals surface area contributed by atoms with Crippen LogP contribution in [-0.4, -0.2) is 5.91 Å². The van der Waals surface area contributed by atoms with Crippen molar-refractivity contribution in [2.24, 2.45) is 0 Å². The fourth-order valence-corrected chi connectivity index (χ4v) is 2.89. The third-order valence-corrected chi connectivity index (χ3v) is 3.56. The smallest absolute Gasteiger partial charge is 0.228 e. The highest BCUT2D eigenvalue weighted by Crippen LogP contribution is 2.22. The minimum atomic E-state index is 0.0839. The first-order valence-electron chi connectivity index (χ1n) is 6.38. The summed E-state index contributed by atoms with van der Waals surface area (Å²) in [4.78, 5) is 11.9. The molecule has 1 amide bonds. The van der Waals surface area contributed by atoms with E-state index in [9.17, 15) is 4.79 Å². The summed E-state index contributed by atoms with van der Waals surface area (Å²) < 4.78 is 0.995. The van der Waals surface area contributed by atoms with Gasteiger partial charge in [0.1, 0.15) is 0 Å². The van der Waals surface area contributed by atoms with Crippen LogP contribution >= 0.6 is 15.9 Å². The minimum absolute atomic E-state index is 0.0839. The Morgan fingerprint density at radius 2 is 2.17 bits per heavy atom. The lowest BCUT2D eigenvalue weighted by atomic mass is 9.97. The molecule has 1 aliphatic rings. The summed E-state index contributed by atoms with van der Waals surface area (Å²) in [6.45, 7) is 2.02. The molecule has 0 bridgehead atoms. The SMILES string of the molecule is Cc1cc(Br)cc(NC(=O)CC2=CCCCC2)c1. The molecule has 0 aliphatic heterocycles. The van der Waals surface area contributed by atoms with Crippen LogP contribution in [0.15, 0.2) is 34.3 Å². The maximum Gasteiger partial charge on any atom is 0.228 e. The van der Waals surface area contributed by atoms with E-state index in [1.807, 2.05) is 25.1 Å². The van der Waals surface area contributed by atoms with Crippen LogP contribution in [-0.2, 0) is 4.79 Å². The Labute approximate surface area is 117 Å². The van der Waals surface area contributed by atoms with Crippen LogP contribution in [0.25, 0.3) is 0 Å². The average molecular weight is 308 g/mol. The first kappa shape index (κ1) is 13.3. The first-order valence-corrected chi connectivity index (χ1v) is 7.18. The van der Waals surface area contributed by atoms with E-state index in [0.29, 0.717) is 6.42 Å². The van der Waals surface area contributed by atoms with Gasteiger partial charge in [-0.2, -0.15) is 0 Å². The van der Waals surface area contributed by atoms with Crippen molar-refractivity contribution in [2.45, 2.75) is 39.0 Å². The Bertz CT molecular complexity index is 459. The summed E-state index contributed by atoms with van der Waals surface area (Å²) in [7, 11) is 0. The van der Waals surface area contributed by atoms with Crippen LogP contribution in [0.2, 0.25) is 0 Å². The summed E-state index contributed by atoms with van der Waals surface area (Å²) in [5.74, 6) is 0.0839. The molecule has 0 radical (unpaired) electrons. The number of halogens is 1. The summed E-state index contributed by atoms with van der Waals surface area (Å²) in [5.41, 5.74) is 3.28. The average Bonchev–Trinajstić information content (AvgIpc) is 2.28. The molecule has 0 fully saturated rings. The van der Waals surface area contributed by atoms with Crippen LogP contribution < -0.4 is 5.32 Å². The van der Waals surface area contributed by atoms with Gasteiger partial charge in [-0.05, 0) is 56.4 Å². The van der Waals surface area contributed by atoms with Crippen molar-refractivity contribution >= 4 is 27.5 Å². The lowest BCUT2D eigenvalue weighted by molar-refractivity contribution is -0.115. The molecule has 0 atom stereocenters. The number of anilines is 1. The Hall–Kier alpha value is -1.09. The molecule has 18 heavy (non-hydrogen) atoms. The van der Waals surface area contributed by atoms with Gasteiger partial charge in [-0.25, -0.2) is 0 Å². The first-order chi connectivity index (χ1) is 8.63. The van der Waals surface area contributed by atoms with Crippen LogP contribution in [0, 0.1) is 6.92 Å². The minimum Gasteiger partial charge on any atom is -0.326 e. The number of nitrogens with one attached hydrogen (secondary N) is 1. The van der Waals surface area contributed by atoms with Gasteiger partial charge in [-0.15, -0.1) is 0 Å². The van der Waals surface area contributed by atoms with E-state index in [-0.39, 0.29) is 5.91 Å². The highest BCUT2D eigenvalue weighted by molar-refractivity contribution is 9.10. The van der Waals surface area contributed by atoms with Crippen molar-refractivity contribution in [1.29, 1.82) is 0 Å². The number of aryl methyl sites for hydroxylation is 1. The summed E-state index contributed by atoms with van der Waals surface area (Å²) in [6.07, 6.45) is 7.43. The number of amides is 1. The standard InChI is InChI=1S/C15H18BrNO/c1-11-7-13(16)10-14(8-11)17-15(18)9-12-5-3-2-4-6-12/h5,7-8,10H,2-4,6,9H2,1H3,(H,17,18). The van der Waals surface area contributed by atoms with Gasteiger partial charge >= 0.3 is 0 Å². The quantitative estimate of drug-likeness (QED) is 0.813. The lowest BCUT2D eigenvalue weighted by Gasteiger charge is -2.13. The Morgan fingerprint density at radius 3 is 2.83 bits per heavy atom. The molecule has 0 saturated heterocycles. The maximum atomic E-state index is 11.9. The number of hydrogen-bond acceptors (Lipinski definition) is 1. The molecule has 2 rings (SSSR count). The largest absolute Gasteiger partial charge is 0.326 e. The fraction of sp³-hybridized carbons (Fsp3) is 0.400. The highest BCUT2D eigenvalue weighted by Gasteiger charge is 2.09. The Morgan fingerprint density at radius 1 is 1.33 bits per heavy atom. The molecule has 0 spiro atoms. The Kier molecular flexibility index (Phi) is 4.59. The zero-order valence-corrected chi connectivity index (χ0v) is 12.2. The van der Waals surface area contributed by atoms with E-state index in [0.717, 1.165) is 28.6 Å². The molecule has 1 aromatic carbocycles. The summed E-state index contributed by atoms with van der Waals surface area (Å²) in [5, 5.41) is 2.96. The molecule has 96 valence electrons. The molecule has 1 N–H and O–H groups in total. The normalized spacial score (nSPS) is 15.1. The monoisotopic (exact) mass is 307 g/mol. The number of hydrogen-bond donors (Lipinski definition) is 1. The molecule has 0 saturated carbocycles. The van der Waals surface area contributed by atoms with Gasteiger partial charge in [-0.3, -0.25) is 4.79 Å². The zero-order chi connectivity index (χ0) is 13.0. The van der Waals surface area contributed by atoms with Gasteiger partial charge in [0.05, 0.1) is 0 Å². The molecule has 3 heteroatoms. The third-order valence-electron chi connectivity index (χ3n) is 3.10. The van der Waals surface area contributed by atoms with Gasteiger partial charge in [-0.1, -0.05) is 27.6 Å². The van der Waals surface area contributed by atoms with E-state index in [1.54, 1.807) is 0 Å². The molecule has 2 nitrogen and oxygen atoms in total. The predicted molar refractivity (Wildman–Crippen MR) is 78.7 cm³/mol. The molecular weight excluding hydrogens is 290 g/mol. The lowest BCUT2D eigenvalue weighted by Crippen LogP contribution is -2.13. The van der Waals surface area contributed by atoms with Crippen molar-refractivity contribution < 1.29 is 4.79 Å². The predicted octanol–water partition coefficient (Wildman–Crippen LogP) is 4.59. The molecule has 0 aromatic heterocycles. The van der Waals surface area contributed by atoms with Gasteiger partial charge < -0.3 is 5.32 Å². The van der Waals surface area contributed by atoms with E-state index in [1.165, 1.54) is 18.4 Å². The van der Waals surface area contributed by atoms with E-state index < -0.39 is 0 Å². The van der Waals surface area contributed by atoms with Crippen LogP contribution in [0.3, 0.4) is 0 Å². The van der Waals surface area contributed by atoms with E-state index >= 15 is 0 Å². The van der Waals surface area contributed by atoms with Crippen molar-refractivity contribution in [3.63, 3.8) is 0 Å². The summed E-state index contributed by atoms with van der Waals surface area (Å²) in [6, 6.07) is 5.94. The number of benzene rings is 1. The topological polar surface area (TPSA) is 29.1 Å². The summed E-state index contributed by atoms with van der Waals surface area (Å²) >= 11 is 3.44. The van der Waals surface area contributed by atoms with Crippen LogP contribution in [0.4, 0.5) is 5.69 Å². The zero-order valence-electron chi connectivity index (χ0n) is 10.6. The van der Waals surface area contributed by atoms with Gasteiger partial charge in [0.15, 0.2) is 0 Å². The molecule has 1 aliphatic carbocycles. The van der Waals surface area contributed by atoms with Crippen molar-refractivity contribution in [1.82, 2.24) is 0 Å². The second kappa shape index (κ2) is 6.19. The van der Waals surface area contributed by atoms with Gasteiger partial charge in [0.2, 0.25) is 5.91 Å². The third kappa shape index (κ3) is 3.98. The molecule has 1 aromatic rings. The number of carbonyl (C=O) groups is 1. The molecule has 0 heterocycles. The van der Waals surface area contributed by atoms with Gasteiger partial charge in [0.25, 0.3) is 0 Å². The van der Waals surface area contributed by atoms with Gasteiger partial charge in [0, 0.05) is 16.6 Å². The number of rotatable bonds is 3. The van der Waals surface area contributed by atoms with Crippen LogP contribution in [0.1, 0.15) is 37.7 Å².